The number of aromatic nitrogens is 2. The maximum Gasteiger partial charge on any atom is 0.253 e. The summed E-state index contributed by atoms with van der Waals surface area (Å²) in [4.78, 5) is 25.9. The van der Waals surface area contributed by atoms with Crippen LogP contribution in [0.25, 0.3) is 0 Å². The smallest absolute Gasteiger partial charge is 0.253 e. The molecule has 8 nitrogen and oxygen atoms in total. The molecule has 2 N–H and O–H groups in total. The van der Waals surface area contributed by atoms with Crippen molar-refractivity contribution in [3.05, 3.63) is 46.6 Å². The number of amides is 1. The third-order valence-electron chi connectivity index (χ3n) is 6.43. The number of nitrogen functional groups attached to an aromatic ring is 1. The summed E-state index contributed by atoms with van der Waals surface area (Å²) < 4.78 is 11.4. The van der Waals surface area contributed by atoms with Gasteiger partial charge in [-0.25, -0.2) is 4.98 Å². The number of hydrogen-bond donors (Lipinski definition) is 1. The second kappa shape index (κ2) is 9.83. The van der Waals surface area contributed by atoms with Gasteiger partial charge >= 0.3 is 0 Å². The summed E-state index contributed by atoms with van der Waals surface area (Å²) in [5.74, 6) is 1.14. The molecule has 2 aliphatic rings. The lowest BCUT2D eigenvalue weighted by molar-refractivity contribution is 0.0362. The molecular weight excluding hydrogens is 406 g/mol. The molecule has 1 unspecified atom stereocenters. The van der Waals surface area contributed by atoms with Crippen molar-refractivity contribution >= 4 is 17.7 Å². The Morgan fingerprint density at radius 3 is 2.62 bits per heavy atom. The molecule has 2 aromatic rings. The number of ether oxygens (including phenoxy) is 2. The third kappa shape index (κ3) is 4.86. The van der Waals surface area contributed by atoms with E-state index in [0.717, 1.165) is 48.4 Å². The first-order chi connectivity index (χ1) is 15.4. The average molecular weight is 440 g/mol. The van der Waals surface area contributed by atoms with Crippen LogP contribution in [0.3, 0.4) is 0 Å². The highest BCUT2D eigenvalue weighted by molar-refractivity contribution is 5.94. The average Bonchev–Trinajstić information content (AvgIpc) is 3.04. The lowest BCUT2D eigenvalue weighted by Gasteiger charge is -2.33. The van der Waals surface area contributed by atoms with E-state index in [0.29, 0.717) is 32.0 Å². The molecule has 2 saturated heterocycles. The van der Waals surface area contributed by atoms with Gasteiger partial charge in [-0.05, 0) is 56.4 Å². The van der Waals surface area contributed by atoms with Crippen LogP contribution in [-0.4, -0.2) is 66.8 Å². The Balaban J connectivity index is 1.60. The lowest BCUT2D eigenvalue weighted by Crippen LogP contribution is -2.40. The highest BCUT2D eigenvalue weighted by atomic mass is 16.5. The monoisotopic (exact) mass is 439 g/mol. The Hall–Kier alpha value is -2.71. The van der Waals surface area contributed by atoms with Gasteiger partial charge in [-0.2, -0.15) is 4.98 Å². The van der Waals surface area contributed by atoms with E-state index >= 15 is 0 Å². The van der Waals surface area contributed by atoms with Gasteiger partial charge in [0.25, 0.3) is 5.91 Å². The zero-order valence-electron chi connectivity index (χ0n) is 19.2. The molecule has 4 rings (SSSR count). The first-order valence-corrected chi connectivity index (χ1v) is 11.3. The van der Waals surface area contributed by atoms with E-state index in [9.17, 15) is 4.79 Å². The Labute approximate surface area is 189 Å². The van der Waals surface area contributed by atoms with Crippen LogP contribution in [0, 0.1) is 13.8 Å². The molecule has 172 valence electrons. The summed E-state index contributed by atoms with van der Waals surface area (Å²) >= 11 is 0. The van der Waals surface area contributed by atoms with Crippen molar-refractivity contribution in [1.82, 2.24) is 14.9 Å². The van der Waals surface area contributed by atoms with Crippen LogP contribution in [0.15, 0.2) is 24.3 Å². The number of carbonyl (C=O) groups excluding carboxylic acids is 1. The highest BCUT2D eigenvalue weighted by Crippen LogP contribution is 2.31. The second-order valence-electron chi connectivity index (χ2n) is 8.69. The number of hydrogen-bond acceptors (Lipinski definition) is 7. The van der Waals surface area contributed by atoms with Gasteiger partial charge in [0.15, 0.2) is 0 Å². The summed E-state index contributed by atoms with van der Waals surface area (Å²) in [6, 6.07) is 8.17. The van der Waals surface area contributed by atoms with Gasteiger partial charge in [0.05, 0.1) is 12.6 Å². The summed E-state index contributed by atoms with van der Waals surface area (Å²) in [6.07, 6.45) is 2.68. The van der Waals surface area contributed by atoms with Crippen molar-refractivity contribution in [1.29, 1.82) is 0 Å². The zero-order chi connectivity index (χ0) is 22.7. The standard InChI is InChI=1S/C24H33N5O3/c1-16-13-18(23(30)28(3)19-7-11-31-12-8-19)5-6-20(16)21-15-32-10-4-9-29(21)22-14-17(2)26-24(25)27-22/h5-6,13-14,19,21H,4,7-12,15H2,1-3H3,(H2,25,26,27). The number of nitrogens with two attached hydrogens (primary N) is 1. The first kappa shape index (κ1) is 22.5. The van der Waals surface area contributed by atoms with Crippen LogP contribution in [0.5, 0.6) is 0 Å². The van der Waals surface area contributed by atoms with Crippen LogP contribution < -0.4 is 10.6 Å². The molecule has 1 amide bonds. The molecule has 0 spiro atoms. The number of carbonyl (C=O) groups is 1. The summed E-state index contributed by atoms with van der Waals surface area (Å²) in [5.41, 5.74) is 9.68. The van der Waals surface area contributed by atoms with Crippen LogP contribution >= 0.6 is 0 Å². The van der Waals surface area contributed by atoms with E-state index in [-0.39, 0.29) is 23.9 Å². The number of rotatable bonds is 4. The molecule has 1 atom stereocenters. The minimum atomic E-state index is -0.0106. The van der Waals surface area contributed by atoms with Crippen molar-refractivity contribution in [2.75, 3.05) is 50.7 Å². The van der Waals surface area contributed by atoms with E-state index in [2.05, 4.69) is 27.9 Å². The molecule has 1 aromatic heterocycles. The molecule has 0 bridgehead atoms. The topological polar surface area (TPSA) is 93.8 Å². The maximum absolute atomic E-state index is 13.1. The lowest BCUT2D eigenvalue weighted by atomic mass is 9.97. The van der Waals surface area contributed by atoms with E-state index in [4.69, 9.17) is 15.2 Å². The Bertz CT molecular complexity index is 940. The molecule has 0 radical (unpaired) electrons. The van der Waals surface area contributed by atoms with Crippen molar-refractivity contribution < 1.29 is 14.3 Å². The van der Waals surface area contributed by atoms with Crippen molar-refractivity contribution in [3.63, 3.8) is 0 Å². The van der Waals surface area contributed by atoms with E-state index in [1.54, 1.807) is 0 Å². The van der Waals surface area contributed by atoms with Crippen molar-refractivity contribution in [2.24, 2.45) is 0 Å². The fourth-order valence-corrected chi connectivity index (χ4v) is 4.66. The van der Waals surface area contributed by atoms with Gasteiger partial charge in [-0.15, -0.1) is 0 Å². The molecule has 2 aliphatic heterocycles. The van der Waals surface area contributed by atoms with E-state index in [1.807, 2.05) is 37.1 Å². The van der Waals surface area contributed by atoms with Gasteiger partial charge in [-0.3, -0.25) is 4.79 Å². The Morgan fingerprint density at radius 2 is 1.91 bits per heavy atom. The molecule has 3 heterocycles. The molecule has 32 heavy (non-hydrogen) atoms. The molecule has 0 aliphatic carbocycles. The Kier molecular flexibility index (Phi) is 6.91. The van der Waals surface area contributed by atoms with Crippen molar-refractivity contribution in [3.8, 4) is 0 Å². The largest absolute Gasteiger partial charge is 0.381 e. The highest BCUT2D eigenvalue weighted by Gasteiger charge is 2.28. The predicted octanol–water partition coefficient (Wildman–Crippen LogP) is 2.89. The minimum Gasteiger partial charge on any atom is -0.381 e. The molecular formula is C24H33N5O3. The van der Waals surface area contributed by atoms with Crippen LogP contribution in [0.1, 0.15) is 52.5 Å². The molecule has 8 heteroatoms. The van der Waals surface area contributed by atoms with Gasteiger partial charge in [0.1, 0.15) is 5.82 Å². The molecule has 2 fully saturated rings. The van der Waals surface area contributed by atoms with Crippen LogP contribution in [-0.2, 0) is 9.47 Å². The van der Waals surface area contributed by atoms with Crippen LogP contribution in [0.2, 0.25) is 0 Å². The molecule has 0 saturated carbocycles. The minimum absolute atomic E-state index is 0.0106. The zero-order valence-corrected chi connectivity index (χ0v) is 19.2. The number of nitrogens with zero attached hydrogens (tertiary/aromatic N) is 4. The van der Waals surface area contributed by atoms with E-state index < -0.39 is 0 Å². The molecule has 1 aromatic carbocycles. The fourth-order valence-electron chi connectivity index (χ4n) is 4.66. The SMILES string of the molecule is Cc1cc(N2CCCOCC2c2ccc(C(=O)N(C)C3CCOCC3)cc2C)nc(N)n1. The van der Waals surface area contributed by atoms with Crippen molar-refractivity contribution in [2.45, 2.75) is 45.2 Å². The number of aryl methyl sites for hydroxylation is 2. The van der Waals surface area contributed by atoms with Gasteiger partial charge in [-0.1, -0.05) is 6.07 Å². The van der Waals surface area contributed by atoms with Crippen LogP contribution in [0.4, 0.5) is 11.8 Å². The number of benzene rings is 1. The second-order valence-corrected chi connectivity index (χ2v) is 8.69. The van der Waals surface area contributed by atoms with Gasteiger partial charge in [0.2, 0.25) is 5.95 Å². The quantitative estimate of drug-likeness (QED) is 0.783. The van der Waals surface area contributed by atoms with Gasteiger partial charge < -0.3 is 25.0 Å². The maximum atomic E-state index is 13.1. The van der Waals surface area contributed by atoms with E-state index in [1.165, 1.54) is 0 Å². The predicted molar refractivity (Wildman–Crippen MR) is 124 cm³/mol. The first-order valence-electron chi connectivity index (χ1n) is 11.3. The van der Waals surface area contributed by atoms with Gasteiger partial charge in [0, 0.05) is 56.8 Å². The summed E-state index contributed by atoms with van der Waals surface area (Å²) in [7, 11) is 1.89. The normalized spacial score (nSPS) is 20.1. The fraction of sp³-hybridized carbons (Fsp3) is 0.542. The Morgan fingerprint density at radius 1 is 1.12 bits per heavy atom. The summed E-state index contributed by atoms with van der Waals surface area (Å²) in [5, 5.41) is 0. The third-order valence-corrected chi connectivity index (χ3v) is 6.43. The summed E-state index contributed by atoms with van der Waals surface area (Å²) in [6.45, 7) is 7.48. The number of anilines is 2.